The molecule has 6 heteroatoms. The fourth-order valence-electron chi connectivity index (χ4n) is 3.39. The number of rotatable bonds is 10. The molecule has 0 bridgehead atoms. The fourth-order valence-corrected chi connectivity index (χ4v) is 3.39. The van der Waals surface area contributed by atoms with E-state index < -0.39 is 6.04 Å². The second kappa shape index (κ2) is 11.5. The van der Waals surface area contributed by atoms with Crippen molar-refractivity contribution in [3.8, 4) is 5.75 Å². The van der Waals surface area contributed by atoms with Gasteiger partial charge in [0.25, 0.3) is 5.91 Å². The minimum atomic E-state index is -0.644. The van der Waals surface area contributed by atoms with Crippen LogP contribution in [-0.2, 0) is 16.1 Å². The third-order valence-corrected chi connectivity index (χ3v) is 5.21. The van der Waals surface area contributed by atoms with E-state index in [0.717, 1.165) is 23.1 Å². The molecule has 0 aliphatic heterocycles. The molecular weight excluding hydrogens is 395 g/mol. The second-order valence-electron chi connectivity index (χ2n) is 8.00. The molecule has 2 atom stereocenters. The lowest BCUT2D eigenvalue weighted by Crippen LogP contribution is -2.51. The summed E-state index contributed by atoms with van der Waals surface area (Å²) in [5.41, 5.74) is 2.84. The molecule has 2 rings (SSSR count). The number of hydrogen-bond acceptors (Lipinski definition) is 3. The Bertz CT molecular complexity index is 863. The van der Waals surface area contributed by atoms with Crippen LogP contribution in [0.3, 0.4) is 0 Å². The van der Waals surface area contributed by atoms with Crippen LogP contribution in [-0.4, -0.2) is 35.4 Å². The number of ether oxygens (including phenoxy) is 1. The normalized spacial score (nSPS) is 12.7. The first-order chi connectivity index (χ1) is 14.7. The summed E-state index contributed by atoms with van der Waals surface area (Å²) in [5.74, 6) is -0.223. The van der Waals surface area contributed by atoms with Crippen LogP contribution in [0.2, 0.25) is 0 Å². The molecule has 0 heterocycles. The van der Waals surface area contributed by atoms with E-state index in [0.29, 0.717) is 12.2 Å². The molecule has 0 aliphatic rings. The highest BCUT2D eigenvalue weighted by molar-refractivity contribution is 5.88. The van der Waals surface area contributed by atoms with E-state index in [9.17, 15) is 14.0 Å². The van der Waals surface area contributed by atoms with Gasteiger partial charge < -0.3 is 15.0 Å². The van der Waals surface area contributed by atoms with Gasteiger partial charge in [-0.05, 0) is 74.6 Å². The highest BCUT2D eigenvalue weighted by Crippen LogP contribution is 2.18. The first-order valence-electron chi connectivity index (χ1n) is 10.8. The van der Waals surface area contributed by atoms with Crippen molar-refractivity contribution in [1.82, 2.24) is 10.2 Å². The minimum absolute atomic E-state index is 0.0100. The van der Waals surface area contributed by atoms with Crippen molar-refractivity contribution in [1.29, 1.82) is 0 Å². The van der Waals surface area contributed by atoms with E-state index >= 15 is 0 Å². The number of benzene rings is 2. The lowest BCUT2D eigenvalue weighted by molar-refractivity contribution is -0.143. The van der Waals surface area contributed by atoms with Crippen molar-refractivity contribution < 1.29 is 18.7 Å². The number of hydrogen-bond donors (Lipinski definition) is 1. The van der Waals surface area contributed by atoms with E-state index in [4.69, 9.17) is 4.74 Å². The van der Waals surface area contributed by atoms with Gasteiger partial charge in [0.2, 0.25) is 5.91 Å². The van der Waals surface area contributed by atoms with Gasteiger partial charge in [0.05, 0.1) is 0 Å². The van der Waals surface area contributed by atoms with Gasteiger partial charge in [0, 0.05) is 12.6 Å². The Morgan fingerprint density at radius 3 is 2.19 bits per heavy atom. The minimum Gasteiger partial charge on any atom is -0.484 e. The Balaban J connectivity index is 2.22. The summed E-state index contributed by atoms with van der Waals surface area (Å²) >= 11 is 0. The fraction of sp³-hybridized carbons (Fsp3) is 0.440. The zero-order chi connectivity index (χ0) is 23.0. The van der Waals surface area contributed by atoms with Crippen LogP contribution in [0.4, 0.5) is 4.39 Å². The maximum Gasteiger partial charge on any atom is 0.261 e. The van der Waals surface area contributed by atoms with Crippen molar-refractivity contribution in [3.63, 3.8) is 0 Å². The zero-order valence-corrected chi connectivity index (χ0v) is 19.1. The van der Waals surface area contributed by atoms with Crippen LogP contribution in [0.1, 0.15) is 50.3 Å². The van der Waals surface area contributed by atoms with Crippen LogP contribution in [0.15, 0.2) is 42.5 Å². The summed E-state index contributed by atoms with van der Waals surface area (Å²) in [4.78, 5) is 27.6. The smallest absolute Gasteiger partial charge is 0.261 e. The van der Waals surface area contributed by atoms with Crippen LogP contribution in [0.5, 0.6) is 5.75 Å². The average molecular weight is 429 g/mol. The second-order valence-corrected chi connectivity index (χ2v) is 8.00. The third kappa shape index (κ3) is 7.39. The van der Waals surface area contributed by atoms with Gasteiger partial charge in [-0.25, -0.2) is 4.39 Å². The van der Waals surface area contributed by atoms with E-state index in [-0.39, 0.29) is 36.8 Å². The molecule has 1 N–H and O–H groups in total. The largest absolute Gasteiger partial charge is 0.484 e. The van der Waals surface area contributed by atoms with Crippen molar-refractivity contribution in [3.05, 3.63) is 65.0 Å². The van der Waals surface area contributed by atoms with E-state index in [1.807, 2.05) is 52.8 Å². The van der Waals surface area contributed by atoms with E-state index in [2.05, 4.69) is 5.32 Å². The predicted octanol–water partition coefficient (Wildman–Crippen LogP) is 4.54. The Hall–Kier alpha value is -2.89. The SMILES string of the molecule is CC[C@H](C)NC(=O)[C@H](CC)N(Cc1ccc(F)cc1)C(=O)COc1cc(C)cc(C)c1. The van der Waals surface area contributed by atoms with Crippen molar-refractivity contribution in [2.24, 2.45) is 0 Å². The number of nitrogens with zero attached hydrogens (tertiary/aromatic N) is 1. The highest BCUT2D eigenvalue weighted by atomic mass is 19.1. The molecular formula is C25H33FN2O3. The molecule has 0 saturated carbocycles. The quantitative estimate of drug-likeness (QED) is 0.604. The molecule has 0 aliphatic carbocycles. The molecule has 0 saturated heterocycles. The van der Waals surface area contributed by atoms with E-state index in [1.54, 1.807) is 12.1 Å². The zero-order valence-electron chi connectivity index (χ0n) is 19.1. The van der Waals surface area contributed by atoms with Gasteiger partial charge in [0.15, 0.2) is 6.61 Å². The third-order valence-electron chi connectivity index (χ3n) is 5.21. The Morgan fingerprint density at radius 2 is 1.65 bits per heavy atom. The molecule has 31 heavy (non-hydrogen) atoms. The molecule has 0 radical (unpaired) electrons. The molecule has 0 spiro atoms. The average Bonchev–Trinajstić information content (AvgIpc) is 2.72. The maximum atomic E-state index is 13.3. The van der Waals surface area contributed by atoms with E-state index in [1.165, 1.54) is 17.0 Å². The molecule has 168 valence electrons. The van der Waals surface area contributed by atoms with Gasteiger partial charge in [-0.1, -0.05) is 32.0 Å². The van der Waals surface area contributed by atoms with Gasteiger partial charge in [-0.2, -0.15) is 0 Å². The highest BCUT2D eigenvalue weighted by Gasteiger charge is 2.29. The molecule has 2 aromatic rings. The molecule has 0 fully saturated rings. The van der Waals surface area contributed by atoms with Crippen LogP contribution in [0, 0.1) is 19.7 Å². The van der Waals surface area contributed by atoms with Crippen molar-refractivity contribution in [2.75, 3.05) is 6.61 Å². The number of halogens is 1. The number of aryl methyl sites for hydroxylation is 2. The van der Waals surface area contributed by atoms with Gasteiger partial charge >= 0.3 is 0 Å². The van der Waals surface area contributed by atoms with Crippen LogP contribution < -0.4 is 10.1 Å². The first kappa shape index (κ1) is 24.4. The van der Waals surface area contributed by atoms with Crippen LogP contribution >= 0.6 is 0 Å². The Kier molecular flexibility index (Phi) is 9.03. The van der Waals surface area contributed by atoms with Crippen molar-refractivity contribution >= 4 is 11.8 Å². The summed E-state index contributed by atoms with van der Waals surface area (Å²) in [6.45, 7) is 9.74. The molecule has 2 amide bonds. The topological polar surface area (TPSA) is 58.6 Å². The Morgan fingerprint density at radius 1 is 1.03 bits per heavy atom. The maximum absolute atomic E-state index is 13.3. The number of carbonyl (C=O) groups is 2. The summed E-state index contributed by atoms with van der Waals surface area (Å²) in [6.07, 6.45) is 1.25. The number of amides is 2. The standard InChI is InChI=1S/C25H33FN2O3/c1-6-19(5)27-25(30)23(7-2)28(15-20-8-10-21(26)11-9-20)24(29)16-31-22-13-17(3)12-18(4)14-22/h8-14,19,23H,6-7,15-16H2,1-5H3,(H,27,30)/t19-,23-/m0/s1. The van der Waals surface area contributed by atoms with Gasteiger partial charge in [-0.3, -0.25) is 9.59 Å². The Labute approximate surface area is 184 Å². The predicted molar refractivity (Wildman–Crippen MR) is 120 cm³/mol. The molecule has 0 aromatic heterocycles. The van der Waals surface area contributed by atoms with Crippen LogP contribution in [0.25, 0.3) is 0 Å². The lowest BCUT2D eigenvalue weighted by atomic mass is 10.1. The summed E-state index contributed by atoms with van der Waals surface area (Å²) in [6, 6.07) is 11.1. The van der Waals surface area contributed by atoms with Gasteiger partial charge in [-0.15, -0.1) is 0 Å². The summed E-state index contributed by atoms with van der Waals surface area (Å²) < 4.78 is 19.1. The summed E-state index contributed by atoms with van der Waals surface area (Å²) in [5, 5.41) is 2.97. The van der Waals surface area contributed by atoms with Crippen molar-refractivity contribution in [2.45, 2.75) is 66.1 Å². The first-order valence-corrected chi connectivity index (χ1v) is 10.8. The molecule has 2 aromatic carbocycles. The molecule has 5 nitrogen and oxygen atoms in total. The number of carbonyl (C=O) groups excluding carboxylic acids is 2. The lowest BCUT2D eigenvalue weighted by Gasteiger charge is -2.31. The van der Waals surface area contributed by atoms with Gasteiger partial charge in [0.1, 0.15) is 17.6 Å². The monoisotopic (exact) mass is 428 g/mol. The summed E-state index contributed by atoms with van der Waals surface area (Å²) in [7, 11) is 0. The number of nitrogens with one attached hydrogen (secondary N) is 1. The molecule has 0 unspecified atom stereocenters.